The Morgan fingerprint density at radius 1 is 1.42 bits per heavy atom. The van der Waals surface area contributed by atoms with Crippen LogP contribution in [0.15, 0.2) is 24.3 Å². The summed E-state index contributed by atoms with van der Waals surface area (Å²) < 4.78 is 6.97. The molecule has 0 saturated heterocycles. The maximum Gasteiger partial charge on any atom is 0.325 e. The van der Waals surface area contributed by atoms with E-state index in [4.69, 9.17) is 4.74 Å². The number of aryl methyl sites for hydroxylation is 2. The smallest absolute Gasteiger partial charge is 0.325 e. The van der Waals surface area contributed by atoms with Crippen LogP contribution in [-0.4, -0.2) is 39.9 Å². The average Bonchev–Trinajstić information content (AvgIpc) is 2.74. The van der Waals surface area contributed by atoms with Gasteiger partial charge >= 0.3 is 5.97 Å². The fraction of sp³-hybridized carbons (Fsp3) is 0.444. The summed E-state index contributed by atoms with van der Waals surface area (Å²) >= 11 is 0. The van der Waals surface area contributed by atoms with Crippen molar-refractivity contribution in [1.82, 2.24) is 14.7 Å². The van der Waals surface area contributed by atoms with E-state index in [0.717, 1.165) is 28.1 Å². The molecule has 0 bridgehead atoms. The van der Waals surface area contributed by atoms with Gasteiger partial charge in [-0.05, 0) is 32.0 Å². The summed E-state index contributed by atoms with van der Waals surface area (Å²) in [7, 11) is 5.35. The van der Waals surface area contributed by atoms with Crippen LogP contribution < -0.4 is 0 Å². The Labute approximate surface area is 142 Å². The molecule has 6 nitrogen and oxygen atoms in total. The third-order valence-electron chi connectivity index (χ3n) is 4.32. The molecule has 1 N–H and O–H groups in total. The van der Waals surface area contributed by atoms with Gasteiger partial charge in [-0.3, -0.25) is 14.4 Å². The van der Waals surface area contributed by atoms with E-state index in [9.17, 15) is 9.90 Å². The molecule has 0 fully saturated rings. The highest BCUT2D eigenvalue weighted by molar-refractivity contribution is 5.75. The fourth-order valence-corrected chi connectivity index (χ4v) is 2.99. The number of carboxylic acids is 1. The van der Waals surface area contributed by atoms with Crippen LogP contribution in [0.25, 0.3) is 0 Å². The second-order valence-electron chi connectivity index (χ2n) is 6.11. The number of nitrogens with zero attached hydrogens (tertiary/aromatic N) is 3. The van der Waals surface area contributed by atoms with E-state index in [-0.39, 0.29) is 0 Å². The zero-order valence-electron chi connectivity index (χ0n) is 14.9. The van der Waals surface area contributed by atoms with Gasteiger partial charge < -0.3 is 9.84 Å². The molecule has 1 aromatic heterocycles. The molecule has 130 valence electrons. The highest BCUT2D eigenvalue weighted by atomic mass is 16.5. The van der Waals surface area contributed by atoms with E-state index >= 15 is 0 Å². The molecule has 1 atom stereocenters. The van der Waals surface area contributed by atoms with Crippen molar-refractivity contribution in [2.75, 3.05) is 14.2 Å². The topological polar surface area (TPSA) is 67.6 Å². The Hall–Kier alpha value is -2.18. The van der Waals surface area contributed by atoms with Crippen molar-refractivity contribution in [3.8, 4) is 0 Å². The number of aromatic nitrogens is 2. The Balaban J connectivity index is 2.30. The van der Waals surface area contributed by atoms with Crippen molar-refractivity contribution >= 4 is 5.97 Å². The second kappa shape index (κ2) is 7.59. The van der Waals surface area contributed by atoms with Gasteiger partial charge in [-0.1, -0.05) is 24.3 Å². The van der Waals surface area contributed by atoms with Gasteiger partial charge in [0.25, 0.3) is 0 Å². The van der Waals surface area contributed by atoms with Crippen LogP contribution in [0.2, 0.25) is 0 Å². The maximum atomic E-state index is 11.9. The van der Waals surface area contributed by atoms with Crippen LogP contribution in [0.1, 0.15) is 34.1 Å². The minimum atomic E-state index is -0.869. The number of hydrogen-bond acceptors (Lipinski definition) is 4. The van der Waals surface area contributed by atoms with Crippen molar-refractivity contribution < 1.29 is 14.6 Å². The molecule has 1 aromatic carbocycles. The predicted molar refractivity (Wildman–Crippen MR) is 91.7 cm³/mol. The second-order valence-corrected chi connectivity index (χ2v) is 6.11. The van der Waals surface area contributed by atoms with Crippen LogP contribution in [0.3, 0.4) is 0 Å². The summed E-state index contributed by atoms with van der Waals surface area (Å²) in [5.74, 6) is -0.869. The molecule has 6 heteroatoms. The molecule has 0 aliphatic rings. The molecule has 0 amide bonds. The molecule has 0 aliphatic carbocycles. The molecule has 0 saturated carbocycles. The van der Waals surface area contributed by atoms with E-state index in [1.165, 1.54) is 0 Å². The molecule has 24 heavy (non-hydrogen) atoms. The number of carbonyl (C=O) groups is 1. The fourth-order valence-electron chi connectivity index (χ4n) is 2.99. The molecule has 2 rings (SSSR count). The molecular formula is C18H25N3O3. The largest absolute Gasteiger partial charge is 0.480 e. The lowest BCUT2D eigenvalue weighted by atomic mass is 10.0. The lowest BCUT2D eigenvalue weighted by Gasteiger charge is -2.25. The Morgan fingerprint density at radius 3 is 2.67 bits per heavy atom. The number of methoxy groups -OCH3 is 1. The summed E-state index contributed by atoms with van der Waals surface area (Å²) in [4.78, 5) is 13.7. The SMILES string of the molecule is COCc1cccc(C(C(=O)O)N(C)Cc2c(C)nn(C)c2C)c1. The standard InChI is InChI=1S/C18H25N3O3/c1-12-16(13(2)21(4)19-12)10-20(3)17(18(22)23)15-8-6-7-14(9-15)11-24-5/h6-9,17H,10-11H2,1-5H3,(H,22,23). The van der Waals surface area contributed by atoms with E-state index in [0.29, 0.717) is 13.2 Å². The summed E-state index contributed by atoms with van der Waals surface area (Å²) in [6.07, 6.45) is 0. The van der Waals surface area contributed by atoms with Crippen molar-refractivity contribution in [3.05, 3.63) is 52.3 Å². The monoisotopic (exact) mass is 331 g/mol. The number of ether oxygens (including phenoxy) is 1. The number of aliphatic carboxylic acids is 1. The van der Waals surface area contributed by atoms with Crippen LogP contribution in [0.4, 0.5) is 0 Å². The van der Waals surface area contributed by atoms with Crippen LogP contribution in [0, 0.1) is 13.8 Å². The third-order valence-corrected chi connectivity index (χ3v) is 4.32. The number of likely N-dealkylation sites (N-methyl/N-ethyl adjacent to an activating group) is 1. The highest BCUT2D eigenvalue weighted by Crippen LogP contribution is 2.25. The Morgan fingerprint density at radius 2 is 2.12 bits per heavy atom. The third kappa shape index (κ3) is 3.83. The minimum Gasteiger partial charge on any atom is -0.480 e. The molecule has 0 spiro atoms. The Kier molecular flexibility index (Phi) is 5.75. The minimum absolute atomic E-state index is 0.463. The van der Waals surface area contributed by atoms with E-state index in [1.54, 1.807) is 7.11 Å². The number of benzene rings is 1. The van der Waals surface area contributed by atoms with Crippen molar-refractivity contribution in [3.63, 3.8) is 0 Å². The van der Waals surface area contributed by atoms with Gasteiger partial charge in [0.15, 0.2) is 0 Å². The van der Waals surface area contributed by atoms with Gasteiger partial charge in [0.05, 0.1) is 12.3 Å². The summed E-state index contributed by atoms with van der Waals surface area (Å²) in [5, 5.41) is 14.2. The quantitative estimate of drug-likeness (QED) is 0.844. The number of hydrogen-bond donors (Lipinski definition) is 1. The van der Waals surface area contributed by atoms with Gasteiger partial charge in [-0.25, -0.2) is 0 Å². The molecule has 1 heterocycles. The zero-order valence-corrected chi connectivity index (χ0v) is 14.9. The van der Waals surface area contributed by atoms with E-state index in [1.807, 2.05) is 61.8 Å². The van der Waals surface area contributed by atoms with Crippen LogP contribution in [-0.2, 0) is 29.7 Å². The first-order valence-corrected chi connectivity index (χ1v) is 7.85. The molecular weight excluding hydrogens is 306 g/mol. The molecule has 2 aromatic rings. The predicted octanol–water partition coefficient (Wildman–Crippen LogP) is 2.44. The summed E-state index contributed by atoms with van der Waals surface area (Å²) in [6, 6.07) is 6.81. The first kappa shape index (κ1) is 18.2. The summed E-state index contributed by atoms with van der Waals surface area (Å²) in [6.45, 7) is 4.94. The summed E-state index contributed by atoms with van der Waals surface area (Å²) in [5.41, 5.74) is 4.76. The maximum absolute atomic E-state index is 11.9. The van der Waals surface area contributed by atoms with Crippen molar-refractivity contribution in [2.24, 2.45) is 7.05 Å². The van der Waals surface area contributed by atoms with Crippen LogP contribution >= 0.6 is 0 Å². The van der Waals surface area contributed by atoms with Gasteiger partial charge in [0.1, 0.15) is 6.04 Å². The van der Waals surface area contributed by atoms with E-state index in [2.05, 4.69) is 5.10 Å². The lowest BCUT2D eigenvalue weighted by Crippen LogP contribution is -2.31. The van der Waals surface area contributed by atoms with Gasteiger partial charge in [0, 0.05) is 32.0 Å². The molecule has 1 unspecified atom stereocenters. The van der Waals surface area contributed by atoms with Gasteiger partial charge in [-0.2, -0.15) is 5.10 Å². The first-order chi connectivity index (χ1) is 11.3. The normalized spacial score (nSPS) is 12.6. The van der Waals surface area contributed by atoms with Gasteiger partial charge in [0.2, 0.25) is 0 Å². The lowest BCUT2D eigenvalue weighted by molar-refractivity contribution is -0.143. The Bertz CT molecular complexity index is 724. The van der Waals surface area contributed by atoms with Crippen molar-refractivity contribution in [2.45, 2.75) is 33.0 Å². The number of carboxylic acid groups (broad SMARTS) is 1. The zero-order chi connectivity index (χ0) is 17.9. The van der Waals surface area contributed by atoms with E-state index < -0.39 is 12.0 Å². The molecule has 0 radical (unpaired) electrons. The van der Waals surface area contributed by atoms with Crippen LogP contribution in [0.5, 0.6) is 0 Å². The average molecular weight is 331 g/mol. The number of rotatable bonds is 7. The van der Waals surface area contributed by atoms with Gasteiger partial charge in [-0.15, -0.1) is 0 Å². The van der Waals surface area contributed by atoms with Crippen molar-refractivity contribution in [1.29, 1.82) is 0 Å². The highest BCUT2D eigenvalue weighted by Gasteiger charge is 2.26. The molecule has 0 aliphatic heterocycles. The first-order valence-electron chi connectivity index (χ1n) is 7.85.